The minimum atomic E-state index is -3.72. The van der Waals surface area contributed by atoms with Gasteiger partial charge in [0, 0.05) is 12.3 Å². The van der Waals surface area contributed by atoms with Gasteiger partial charge in [0.05, 0.1) is 18.4 Å². The van der Waals surface area contributed by atoms with Crippen LogP contribution in [0.5, 0.6) is 5.75 Å². The number of aromatic nitrogens is 2. The zero-order valence-electron chi connectivity index (χ0n) is 20.4. The SMILES string of the molecule is CC(C)OC(=O)[C@H](C)N[P@](=O)(CC[C@H]1O[C@@H](n2ccc(=O)[nH]c2=O)[C@](C)(Cl)[C@@H]1O)Oc1ccccc1. The van der Waals surface area contributed by atoms with Gasteiger partial charge in [0.25, 0.3) is 5.56 Å². The van der Waals surface area contributed by atoms with Gasteiger partial charge < -0.3 is 19.1 Å². The van der Waals surface area contributed by atoms with Crippen LogP contribution >= 0.6 is 19.1 Å². The summed E-state index contributed by atoms with van der Waals surface area (Å²) in [5, 5.41) is 13.6. The molecule has 0 amide bonds. The fraction of sp³-hybridized carbons (Fsp3) is 0.522. The average Bonchev–Trinajstić information content (AvgIpc) is 3.01. The van der Waals surface area contributed by atoms with Crippen LogP contribution in [0.4, 0.5) is 0 Å². The summed E-state index contributed by atoms with van der Waals surface area (Å²) < 4.78 is 31.8. The molecule has 0 saturated carbocycles. The summed E-state index contributed by atoms with van der Waals surface area (Å²) in [4.78, 5) is 36.7. The molecule has 11 nitrogen and oxygen atoms in total. The third-order valence-electron chi connectivity index (χ3n) is 5.62. The van der Waals surface area contributed by atoms with Crippen LogP contribution in [0.25, 0.3) is 0 Å². The molecule has 6 atom stereocenters. The third kappa shape index (κ3) is 6.66. The maximum Gasteiger partial charge on any atom is 0.330 e. The number of aromatic amines is 1. The van der Waals surface area contributed by atoms with Gasteiger partial charge in [0.1, 0.15) is 22.8 Å². The molecule has 0 radical (unpaired) electrons. The van der Waals surface area contributed by atoms with E-state index in [-0.39, 0.29) is 18.7 Å². The Morgan fingerprint density at radius 1 is 1.28 bits per heavy atom. The summed E-state index contributed by atoms with van der Waals surface area (Å²) in [7, 11) is -3.72. The van der Waals surface area contributed by atoms with Crippen molar-refractivity contribution in [3.63, 3.8) is 0 Å². The van der Waals surface area contributed by atoms with Crippen LogP contribution < -0.4 is 20.9 Å². The molecular weight excluding hydrogens is 513 g/mol. The number of nitrogens with one attached hydrogen (secondary N) is 2. The van der Waals surface area contributed by atoms with E-state index >= 15 is 0 Å². The highest BCUT2D eigenvalue weighted by Crippen LogP contribution is 2.48. The summed E-state index contributed by atoms with van der Waals surface area (Å²) in [6.45, 7) is 6.43. The number of esters is 1. The smallest absolute Gasteiger partial charge is 0.330 e. The van der Waals surface area contributed by atoms with E-state index in [0.717, 1.165) is 10.6 Å². The van der Waals surface area contributed by atoms with Gasteiger partial charge in [0.15, 0.2) is 6.23 Å². The summed E-state index contributed by atoms with van der Waals surface area (Å²) in [6, 6.07) is 8.65. The molecule has 1 fully saturated rings. The quantitative estimate of drug-likeness (QED) is 0.233. The molecule has 2 aromatic rings. The summed E-state index contributed by atoms with van der Waals surface area (Å²) in [6.07, 6.45) is -2.53. The highest BCUT2D eigenvalue weighted by molar-refractivity contribution is 7.57. The Balaban J connectivity index is 1.80. The number of aliphatic hydroxyl groups is 1. The van der Waals surface area contributed by atoms with Gasteiger partial charge in [-0.05, 0) is 46.2 Å². The number of ether oxygens (including phenoxy) is 2. The van der Waals surface area contributed by atoms with Crippen LogP contribution in [-0.4, -0.2) is 56.0 Å². The van der Waals surface area contributed by atoms with Crippen molar-refractivity contribution in [1.82, 2.24) is 14.6 Å². The monoisotopic (exact) mass is 543 g/mol. The number of H-pyrrole nitrogens is 1. The molecule has 0 unspecified atom stereocenters. The number of alkyl halides is 1. The van der Waals surface area contributed by atoms with Gasteiger partial charge in [-0.1, -0.05) is 18.2 Å². The topological polar surface area (TPSA) is 149 Å². The van der Waals surface area contributed by atoms with Crippen LogP contribution in [0.2, 0.25) is 0 Å². The fourth-order valence-electron chi connectivity index (χ4n) is 3.83. The highest BCUT2D eigenvalue weighted by Gasteiger charge is 2.53. The van der Waals surface area contributed by atoms with Crippen molar-refractivity contribution in [1.29, 1.82) is 0 Å². The Bertz CT molecular complexity index is 1220. The Labute approximate surface area is 213 Å². The number of benzene rings is 1. The predicted molar refractivity (Wildman–Crippen MR) is 133 cm³/mol. The van der Waals surface area contributed by atoms with Gasteiger partial charge in [-0.3, -0.25) is 23.7 Å². The van der Waals surface area contributed by atoms with Crippen molar-refractivity contribution < 1.29 is 28.5 Å². The number of aliphatic hydroxyl groups excluding tert-OH is 1. The molecule has 198 valence electrons. The number of nitrogens with zero attached hydrogens (tertiary/aromatic N) is 1. The van der Waals surface area contributed by atoms with Gasteiger partial charge >= 0.3 is 19.2 Å². The number of para-hydroxylation sites is 1. The van der Waals surface area contributed by atoms with E-state index in [1.807, 2.05) is 0 Å². The molecule has 3 N–H and O–H groups in total. The highest BCUT2D eigenvalue weighted by atomic mass is 35.5. The Morgan fingerprint density at radius 3 is 2.56 bits per heavy atom. The molecule has 1 saturated heterocycles. The van der Waals surface area contributed by atoms with Crippen molar-refractivity contribution in [3.8, 4) is 5.75 Å². The van der Waals surface area contributed by atoms with Crippen molar-refractivity contribution in [2.45, 2.75) is 69.6 Å². The number of hydrogen-bond donors (Lipinski definition) is 3. The van der Waals surface area contributed by atoms with Crippen LogP contribution in [-0.2, 0) is 18.8 Å². The second-order valence-corrected chi connectivity index (χ2v) is 12.1. The third-order valence-corrected chi connectivity index (χ3v) is 8.16. The average molecular weight is 544 g/mol. The molecule has 1 aliphatic rings. The molecule has 2 heterocycles. The zero-order chi connectivity index (χ0) is 26.7. The van der Waals surface area contributed by atoms with Gasteiger partial charge in [-0.2, -0.15) is 0 Å². The minimum absolute atomic E-state index is 0.0150. The normalized spacial score (nSPS) is 26.4. The number of rotatable bonds is 10. The van der Waals surface area contributed by atoms with Crippen molar-refractivity contribution in [2.75, 3.05) is 6.16 Å². The van der Waals surface area contributed by atoms with Gasteiger partial charge in [-0.15, -0.1) is 11.6 Å². The van der Waals surface area contributed by atoms with Crippen molar-refractivity contribution in [3.05, 3.63) is 63.4 Å². The Morgan fingerprint density at radius 2 is 1.94 bits per heavy atom. The van der Waals surface area contributed by atoms with E-state index in [2.05, 4.69) is 10.1 Å². The van der Waals surface area contributed by atoms with Gasteiger partial charge in [0.2, 0.25) is 0 Å². The summed E-state index contributed by atoms with van der Waals surface area (Å²) in [5.41, 5.74) is -1.33. The predicted octanol–water partition coefficient (Wildman–Crippen LogP) is 2.38. The maximum atomic E-state index is 13.8. The maximum absolute atomic E-state index is 13.8. The molecule has 0 aliphatic carbocycles. The lowest BCUT2D eigenvalue weighted by molar-refractivity contribution is -0.149. The van der Waals surface area contributed by atoms with E-state index in [1.165, 1.54) is 20.0 Å². The molecule has 0 bridgehead atoms. The first kappa shape index (κ1) is 28.1. The van der Waals surface area contributed by atoms with E-state index in [1.54, 1.807) is 44.2 Å². The first-order valence-corrected chi connectivity index (χ1v) is 13.7. The molecule has 36 heavy (non-hydrogen) atoms. The van der Waals surface area contributed by atoms with Crippen LogP contribution in [0.1, 0.15) is 40.3 Å². The number of hydrogen-bond acceptors (Lipinski definition) is 8. The fourth-order valence-corrected chi connectivity index (χ4v) is 6.15. The lowest BCUT2D eigenvalue weighted by Gasteiger charge is -2.26. The first-order valence-electron chi connectivity index (χ1n) is 11.5. The molecule has 13 heteroatoms. The lowest BCUT2D eigenvalue weighted by atomic mass is 9.99. The lowest BCUT2D eigenvalue weighted by Crippen LogP contribution is -2.42. The molecule has 1 aliphatic heterocycles. The second-order valence-electron chi connectivity index (χ2n) is 9.07. The molecule has 1 aromatic carbocycles. The number of carbonyl (C=O) groups excluding carboxylic acids is 1. The summed E-state index contributed by atoms with van der Waals surface area (Å²) >= 11 is 6.58. The van der Waals surface area contributed by atoms with Crippen LogP contribution in [0.15, 0.2) is 52.2 Å². The van der Waals surface area contributed by atoms with Crippen LogP contribution in [0.3, 0.4) is 0 Å². The molecule has 0 spiro atoms. The van der Waals surface area contributed by atoms with E-state index in [9.17, 15) is 24.1 Å². The Hall–Kier alpha value is -2.43. The minimum Gasteiger partial charge on any atom is -0.462 e. The summed E-state index contributed by atoms with van der Waals surface area (Å²) in [5.74, 6) is -0.268. The Kier molecular flexibility index (Phi) is 8.84. The van der Waals surface area contributed by atoms with Crippen molar-refractivity contribution >= 4 is 25.1 Å². The van der Waals surface area contributed by atoms with Crippen LogP contribution in [0, 0.1) is 0 Å². The first-order chi connectivity index (χ1) is 16.8. The van der Waals surface area contributed by atoms with E-state index in [0.29, 0.717) is 5.75 Å². The standard InChI is InChI=1S/C23H31ClN3O8P/c1-14(2)33-20(30)15(3)26-36(32,35-16-8-6-5-7-9-16)13-11-17-19(29)23(4,24)21(34-17)27-12-10-18(28)25-22(27)31/h5-10,12,14-15,17,19,21,29H,11,13H2,1-4H3,(H,26,32)(H,25,28,31)/t15-,17+,19+,21+,23+,36-/m0/s1. The molecule has 1 aromatic heterocycles. The largest absolute Gasteiger partial charge is 0.462 e. The van der Waals surface area contributed by atoms with Gasteiger partial charge in [-0.25, -0.2) is 9.88 Å². The molecule has 3 rings (SSSR count). The number of carbonyl (C=O) groups is 1. The van der Waals surface area contributed by atoms with E-state index in [4.69, 9.17) is 25.6 Å². The zero-order valence-corrected chi connectivity index (χ0v) is 22.1. The molecular formula is C23H31ClN3O8P. The second kappa shape index (κ2) is 11.3. The van der Waals surface area contributed by atoms with Crippen molar-refractivity contribution in [2.24, 2.45) is 0 Å². The number of halogens is 1. The van der Waals surface area contributed by atoms with E-state index < -0.39 is 54.1 Å².